The summed E-state index contributed by atoms with van der Waals surface area (Å²) in [6.07, 6.45) is -0.968. The minimum atomic E-state index is -1.05. The summed E-state index contributed by atoms with van der Waals surface area (Å²) in [4.78, 5) is 30.6. The number of carbonyl (C=O) groups excluding carboxylic acids is 1. The van der Waals surface area contributed by atoms with Gasteiger partial charge >= 0.3 is 5.97 Å². The Balaban J connectivity index is 1.87. The highest BCUT2D eigenvalue weighted by molar-refractivity contribution is 7.17. The highest BCUT2D eigenvalue weighted by atomic mass is 32.1. The largest absolute Gasteiger partial charge is 0.479 e. The van der Waals surface area contributed by atoms with Crippen LogP contribution in [0.1, 0.15) is 26.5 Å². The number of benzene rings is 1. The fourth-order valence-electron chi connectivity index (χ4n) is 2.89. The van der Waals surface area contributed by atoms with Crippen LogP contribution in [0.4, 0.5) is 0 Å². The molecule has 7 heteroatoms. The molecule has 1 aromatic carbocycles. The first kappa shape index (κ1) is 17.6. The first-order valence-electron chi connectivity index (χ1n) is 8.05. The van der Waals surface area contributed by atoms with Gasteiger partial charge in [0.1, 0.15) is 9.88 Å². The van der Waals surface area contributed by atoms with Gasteiger partial charge in [-0.1, -0.05) is 23.8 Å². The first-order valence-corrected chi connectivity index (χ1v) is 8.87. The molecule has 132 valence electrons. The van der Waals surface area contributed by atoms with Crippen molar-refractivity contribution in [2.24, 2.45) is 0 Å². The average molecular weight is 360 g/mol. The van der Waals surface area contributed by atoms with Crippen LogP contribution in [-0.2, 0) is 9.53 Å². The fourth-order valence-corrected chi connectivity index (χ4v) is 4.02. The van der Waals surface area contributed by atoms with Crippen LogP contribution in [-0.4, -0.2) is 52.7 Å². The molecule has 1 amide bonds. The van der Waals surface area contributed by atoms with Crippen LogP contribution in [0.5, 0.6) is 0 Å². The van der Waals surface area contributed by atoms with Crippen LogP contribution in [0, 0.1) is 20.8 Å². The SMILES string of the molecule is Cc1ccc(-c2nc(C)c(C(=O)N3CCOC(C(=O)O)C3)s2)c(C)c1. The predicted molar refractivity (Wildman–Crippen MR) is 95.0 cm³/mol. The molecule has 3 rings (SSSR count). The Morgan fingerprint density at radius 2 is 2.08 bits per heavy atom. The van der Waals surface area contributed by atoms with Crippen LogP contribution in [0.15, 0.2) is 18.2 Å². The van der Waals surface area contributed by atoms with Gasteiger partial charge in [-0.15, -0.1) is 11.3 Å². The Bertz CT molecular complexity index is 830. The molecule has 1 unspecified atom stereocenters. The summed E-state index contributed by atoms with van der Waals surface area (Å²) in [5.74, 6) is -1.23. The van der Waals surface area contributed by atoms with Crippen molar-refractivity contribution < 1.29 is 19.4 Å². The van der Waals surface area contributed by atoms with Gasteiger partial charge in [0.05, 0.1) is 18.8 Å². The molecule has 25 heavy (non-hydrogen) atoms. The van der Waals surface area contributed by atoms with E-state index in [4.69, 9.17) is 9.84 Å². The second kappa shape index (κ2) is 6.93. The van der Waals surface area contributed by atoms with E-state index >= 15 is 0 Å². The number of amides is 1. The van der Waals surface area contributed by atoms with Crippen molar-refractivity contribution in [2.75, 3.05) is 19.7 Å². The maximum absolute atomic E-state index is 12.8. The van der Waals surface area contributed by atoms with Crippen molar-refractivity contribution in [1.29, 1.82) is 0 Å². The van der Waals surface area contributed by atoms with Crippen molar-refractivity contribution >= 4 is 23.2 Å². The summed E-state index contributed by atoms with van der Waals surface area (Å²) in [7, 11) is 0. The lowest BCUT2D eigenvalue weighted by Crippen LogP contribution is -2.48. The van der Waals surface area contributed by atoms with Crippen molar-refractivity contribution in [3.63, 3.8) is 0 Å². The molecule has 0 saturated carbocycles. The summed E-state index contributed by atoms with van der Waals surface area (Å²) in [5.41, 5.74) is 3.98. The van der Waals surface area contributed by atoms with E-state index in [2.05, 4.69) is 11.1 Å². The number of carbonyl (C=O) groups is 2. The van der Waals surface area contributed by atoms with Crippen LogP contribution in [0.2, 0.25) is 0 Å². The Hall–Kier alpha value is -2.25. The molecule has 0 radical (unpaired) electrons. The molecule has 1 saturated heterocycles. The number of carboxylic acids is 1. The molecule has 1 atom stereocenters. The van der Waals surface area contributed by atoms with Gasteiger partial charge in [0.2, 0.25) is 0 Å². The van der Waals surface area contributed by atoms with Gasteiger partial charge < -0.3 is 14.7 Å². The molecular weight excluding hydrogens is 340 g/mol. The van der Waals surface area contributed by atoms with E-state index in [9.17, 15) is 9.59 Å². The fraction of sp³-hybridized carbons (Fsp3) is 0.389. The summed E-state index contributed by atoms with van der Waals surface area (Å²) < 4.78 is 5.18. The van der Waals surface area contributed by atoms with Gasteiger partial charge in [-0.2, -0.15) is 0 Å². The van der Waals surface area contributed by atoms with E-state index in [-0.39, 0.29) is 19.1 Å². The molecule has 2 heterocycles. The molecule has 2 aromatic rings. The first-order chi connectivity index (χ1) is 11.9. The zero-order valence-corrected chi connectivity index (χ0v) is 15.2. The van der Waals surface area contributed by atoms with E-state index in [1.54, 1.807) is 0 Å². The quantitative estimate of drug-likeness (QED) is 0.910. The number of nitrogens with zero attached hydrogens (tertiary/aromatic N) is 2. The standard InChI is InChI=1S/C18H20N2O4S/c1-10-4-5-13(11(2)8-10)16-19-12(3)15(25-16)17(21)20-6-7-24-14(9-20)18(22)23/h4-5,8,14H,6-7,9H2,1-3H3,(H,22,23). The number of aromatic nitrogens is 1. The van der Waals surface area contributed by atoms with E-state index in [0.29, 0.717) is 17.1 Å². The third-order valence-electron chi connectivity index (χ3n) is 4.23. The number of aryl methyl sites for hydroxylation is 3. The van der Waals surface area contributed by atoms with Gasteiger partial charge in [-0.3, -0.25) is 4.79 Å². The molecule has 1 aliphatic heterocycles. The average Bonchev–Trinajstić information content (AvgIpc) is 2.95. The summed E-state index contributed by atoms with van der Waals surface area (Å²) in [6.45, 7) is 6.55. The van der Waals surface area contributed by atoms with E-state index in [0.717, 1.165) is 16.1 Å². The number of ether oxygens (including phenoxy) is 1. The molecular formula is C18H20N2O4S. The smallest absolute Gasteiger partial charge is 0.334 e. The monoisotopic (exact) mass is 360 g/mol. The van der Waals surface area contributed by atoms with Gasteiger partial charge in [0.15, 0.2) is 6.10 Å². The number of rotatable bonds is 3. The predicted octanol–water partition coefficient (Wildman–Crippen LogP) is 2.66. The number of aliphatic carboxylic acids is 1. The van der Waals surface area contributed by atoms with Crippen molar-refractivity contribution in [2.45, 2.75) is 26.9 Å². The lowest BCUT2D eigenvalue weighted by Gasteiger charge is -2.30. The second-order valence-corrected chi connectivity index (χ2v) is 7.20. The van der Waals surface area contributed by atoms with Gasteiger partial charge in [0, 0.05) is 12.1 Å². The number of morpholine rings is 1. The molecule has 1 aliphatic rings. The van der Waals surface area contributed by atoms with Gasteiger partial charge in [-0.25, -0.2) is 9.78 Å². The maximum Gasteiger partial charge on any atom is 0.334 e. The van der Waals surface area contributed by atoms with E-state index in [1.807, 2.05) is 32.9 Å². The minimum Gasteiger partial charge on any atom is -0.479 e. The zero-order chi connectivity index (χ0) is 18.1. The van der Waals surface area contributed by atoms with Crippen LogP contribution in [0.25, 0.3) is 10.6 Å². The Morgan fingerprint density at radius 3 is 2.76 bits per heavy atom. The molecule has 1 N–H and O–H groups in total. The number of thiazole rings is 1. The van der Waals surface area contributed by atoms with Crippen LogP contribution in [0.3, 0.4) is 0 Å². The number of hydrogen-bond acceptors (Lipinski definition) is 5. The minimum absolute atomic E-state index is 0.0599. The molecule has 0 bridgehead atoms. The Morgan fingerprint density at radius 1 is 1.32 bits per heavy atom. The molecule has 6 nitrogen and oxygen atoms in total. The van der Waals surface area contributed by atoms with Crippen molar-refractivity contribution in [1.82, 2.24) is 9.88 Å². The van der Waals surface area contributed by atoms with Gasteiger partial charge in [-0.05, 0) is 26.3 Å². The lowest BCUT2D eigenvalue weighted by atomic mass is 10.1. The summed E-state index contributed by atoms with van der Waals surface area (Å²) in [6, 6.07) is 6.14. The molecule has 1 fully saturated rings. The lowest BCUT2D eigenvalue weighted by molar-refractivity contribution is -0.154. The van der Waals surface area contributed by atoms with Crippen LogP contribution < -0.4 is 0 Å². The van der Waals surface area contributed by atoms with Crippen molar-refractivity contribution in [3.8, 4) is 10.6 Å². The van der Waals surface area contributed by atoms with Crippen LogP contribution >= 0.6 is 11.3 Å². The third kappa shape index (κ3) is 3.57. The highest BCUT2D eigenvalue weighted by Gasteiger charge is 2.31. The number of carboxylic acid groups (broad SMARTS) is 1. The summed E-state index contributed by atoms with van der Waals surface area (Å²) in [5, 5.41) is 9.90. The zero-order valence-electron chi connectivity index (χ0n) is 14.4. The van der Waals surface area contributed by atoms with Crippen molar-refractivity contribution in [3.05, 3.63) is 39.9 Å². The van der Waals surface area contributed by atoms with E-state index < -0.39 is 12.1 Å². The molecule has 0 aliphatic carbocycles. The normalized spacial score (nSPS) is 17.6. The highest BCUT2D eigenvalue weighted by Crippen LogP contribution is 2.31. The topological polar surface area (TPSA) is 79.7 Å². The van der Waals surface area contributed by atoms with Gasteiger partial charge in [0.25, 0.3) is 5.91 Å². The third-order valence-corrected chi connectivity index (χ3v) is 5.41. The number of hydrogen-bond donors (Lipinski definition) is 1. The molecule has 0 spiro atoms. The molecule has 1 aromatic heterocycles. The second-order valence-electron chi connectivity index (χ2n) is 6.20. The Kier molecular flexibility index (Phi) is 4.87. The maximum atomic E-state index is 12.8. The Labute approximate surface area is 150 Å². The van der Waals surface area contributed by atoms with E-state index in [1.165, 1.54) is 21.8 Å². The summed E-state index contributed by atoms with van der Waals surface area (Å²) >= 11 is 1.35.